The number of aromatic hydroxyl groups is 1. The molecule has 5 N–H and O–H groups in total. The van der Waals surface area contributed by atoms with E-state index in [1.807, 2.05) is 0 Å². The normalized spacial score (nSPS) is 31.9. The summed E-state index contributed by atoms with van der Waals surface area (Å²) >= 11 is 7.17. The van der Waals surface area contributed by atoms with E-state index < -0.39 is 80.8 Å². The number of benzene rings is 1. The number of carbonyl (C=O) groups is 6. The Morgan fingerprint density at radius 3 is 2.46 bits per heavy atom. The molecule has 3 aliphatic carbocycles. The summed E-state index contributed by atoms with van der Waals surface area (Å²) in [6.45, 7) is 0. The van der Waals surface area contributed by atoms with Gasteiger partial charge < -0.3 is 21.3 Å². The Morgan fingerprint density at radius 2 is 1.89 bits per heavy atom. The van der Waals surface area contributed by atoms with E-state index in [1.165, 1.54) is 25.1 Å². The average molecular weight is 596 g/mol. The molecule has 0 saturated heterocycles. The fourth-order valence-corrected chi connectivity index (χ4v) is 6.26. The minimum absolute atomic E-state index is 0.0314. The highest BCUT2D eigenvalue weighted by molar-refractivity contribution is 9.10. The first-order valence-electron chi connectivity index (χ1n) is 11.5. The van der Waals surface area contributed by atoms with Crippen LogP contribution in [0.3, 0.4) is 0 Å². The molecule has 2 saturated carbocycles. The van der Waals surface area contributed by atoms with Gasteiger partial charge in [-0.3, -0.25) is 33.7 Å². The molecule has 1 aromatic carbocycles. The zero-order valence-corrected chi connectivity index (χ0v) is 22.4. The zero-order valence-electron chi connectivity index (χ0n) is 19.9. The van der Waals surface area contributed by atoms with Crippen molar-refractivity contribution in [1.82, 2.24) is 4.90 Å². The Morgan fingerprint density at radius 1 is 1.24 bits per heavy atom. The van der Waals surface area contributed by atoms with E-state index in [1.54, 1.807) is 6.07 Å². The van der Waals surface area contributed by atoms with Gasteiger partial charge in [0.15, 0.2) is 34.7 Å². The summed E-state index contributed by atoms with van der Waals surface area (Å²) < 4.78 is 0. The number of rotatable bonds is 5. The fraction of sp³-hybridized carbons (Fsp3) is 0.500. The molecule has 11 nitrogen and oxygen atoms in total. The lowest BCUT2D eigenvalue weighted by Gasteiger charge is -2.52. The molecule has 0 aliphatic heterocycles. The van der Waals surface area contributed by atoms with Crippen LogP contribution in [0.15, 0.2) is 12.1 Å². The Kier molecular flexibility index (Phi) is 7.12. The Hall–Kier alpha value is -2.61. The van der Waals surface area contributed by atoms with Gasteiger partial charge in [-0.05, 0) is 44.5 Å². The van der Waals surface area contributed by atoms with Gasteiger partial charge >= 0.3 is 0 Å². The fourth-order valence-electron chi connectivity index (χ4n) is 5.98. The van der Waals surface area contributed by atoms with Crippen molar-refractivity contribution in [2.45, 2.75) is 29.3 Å². The van der Waals surface area contributed by atoms with Gasteiger partial charge in [0, 0.05) is 11.7 Å². The van der Waals surface area contributed by atoms with Crippen molar-refractivity contribution in [3.63, 3.8) is 0 Å². The number of likely N-dealkylation sites (N-methyl/N-ethyl adjacent to an activating group) is 1. The second-order valence-electron chi connectivity index (χ2n) is 9.92. The van der Waals surface area contributed by atoms with E-state index in [0.717, 1.165) is 0 Å². The Labute approximate surface area is 225 Å². The largest absolute Gasteiger partial charge is 0.505 e. The third-order valence-corrected chi connectivity index (χ3v) is 9.24. The van der Waals surface area contributed by atoms with Gasteiger partial charge in [-0.15, -0.1) is 0 Å². The lowest BCUT2D eigenvalue weighted by atomic mass is 9.52. The van der Waals surface area contributed by atoms with Crippen molar-refractivity contribution < 1.29 is 39.0 Å². The number of fused-ring (bicyclic) bond motifs is 3. The molecule has 2 fully saturated rings. The number of phenols is 1. The summed E-state index contributed by atoms with van der Waals surface area (Å²) in [6, 6.07) is 1.83. The number of nitrogens with one attached hydrogen (secondary N) is 1. The van der Waals surface area contributed by atoms with Gasteiger partial charge in [-0.2, -0.15) is 12.6 Å². The molecule has 0 spiro atoms. The molecule has 1 aromatic rings. The van der Waals surface area contributed by atoms with Crippen LogP contribution in [0.4, 0.5) is 5.69 Å². The van der Waals surface area contributed by atoms with Crippen LogP contribution in [0.25, 0.3) is 0 Å². The molecule has 13 heteroatoms. The molecule has 0 aromatic heterocycles. The van der Waals surface area contributed by atoms with Crippen LogP contribution in [0.1, 0.15) is 22.3 Å². The van der Waals surface area contributed by atoms with Crippen molar-refractivity contribution in [3.8, 4) is 5.75 Å². The van der Waals surface area contributed by atoms with Crippen LogP contribution in [-0.4, -0.2) is 86.4 Å². The molecule has 2 amide bonds. The number of aliphatic hydroxyl groups is 1. The third kappa shape index (κ3) is 4.03. The van der Waals surface area contributed by atoms with Crippen LogP contribution < -0.4 is 11.1 Å². The zero-order chi connectivity index (χ0) is 27.6. The number of halogens is 1. The quantitative estimate of drug-likeness (QED) is 0.129. The standard InChI is InChI=1S/C24H26BrN3O8S/c1-28(2)16-10-6-9-5-8-3-4-12(27-23(35)11(25)7-37)17(29)13(8)18(30)14(9)20(32)24(10,36)21(33)15(19(16)31)22(26)34/h3-4,9-11,14-16,29,36-37H,5-7H2,1-2H3,(H2,26,34)(H,27,35)/t9?,10?,11?,14?,15?,16-,24-/m0/s1. The van der Waals surface area contributed by atoms with E-state index >= 15 is 0 Å². The SMILES string of the molecule is CN(C)[C@@H]1C(=O)C(C(N)=O)C(=O)[C@@]2(O)C(=O)C3C(=O)c4c(ccc(NC(=O)C(Br)CS)c4O)CC3CC12. The number of carbonyl (C=O) groups excluding carboxylic acids is 6. The van der Waals surface area contributed by atoms with Crippen LogP contribution in [-0.2, 0) is 30.4 Å². The predicted octanol–water partition coefficient (Wildman–Crippen LogP) is -0.501. The monoisotopic (exact) mass is 595 g/mol. The third-order valence-electron chi connectivity index (χ3n) is 7.64. The van der Waals surface area contributed by atoms with Crippen LogP contribution in [0.2, 0.25) is 0 Å². The number of nitrogens with zero attached hydrogens (tertiary/aromatic N) is 1. The number of phenolic OH excluding ortho intramolecular Hbond substituents is 1. The number of Topliss-reactive ketones (excluding diaryl/α,β-unsaturated/α-hetero) is 4. The van der Waals surface area contributed by atoms with Crippen LogP contribution >= 0.6 is 28.6 Å². The van der Waals surface area contributed by atoms with Crippen molar-refractivity contribution in [2.24, 2.45) is 29.4 Å². The highest BCUT2D eigenvalue weighted by atomic mass is 79.9. The Balaban J connectivity index is 1.78. The summed E-state index contributed by atoms with van der Waals surface area (Å²) in [6.07, 6.45) is 0.113. The van der Waals surface area contributed by atoms with E-state index in [0.29, 0.717) is 5.56 Å². The number of nitrogens with two attached hydrogens (primary N) is 1. The Bertz CT molecular complexity index is 1250. The molecule has 3 aliphatic rings. The molecule has 37 heavy (non-hydrogen) atoms. The van der Waals surface area contributed by atoms with Gasteiger partial charge in [0.1, 0.15) is 10.6 Å². The van der Waals surface area contributed by atoms with Crippen LogP contribution in [0.5, 0.6) is 5.75 Å². The van der Waals surface area contributed by atoms with Gasteiger partial charge in [-0.25, -0.2) is 0 Å². The lowest BCUT2D eigenvalue weighted by molar-refractivity contribution is -0.181. The molecule has 0 radical (unpaired) electrons. The summed E-state index contributed by atoms with van der Waals surface area (Å²) in [4.78, 5) is 78.7. The minimum atomic E-state index is -2.78. The van der Waals surface area contributed by atoms with Crippen molar-refractivity contribution >= 4 is 69.2 Å². The van der Waals surface area contributed by atoms with Gasteiger partial charge in [0.25, 0.3) is 0 Å². The minimum Gasteiger partial charge on any atom is -0.505 e. The molecule has 0 bridgehead atoms. The molecule has 4 rings (SSSR count). The van der Waals surface area contributed by atoms with E-state index in [4.69, 9.17) is 5.73 Å². The maximum Gasteiger partial charge on any atom is 0.239 e. The number of hydrogen-bond acceptors (Lipinski definition) is 10. The number of alkyl halides is 1. The molecule has 7 atom stereocenters. The van der Waals surface area contributed by atoms with Crippen LogP contribution in [0, 0.1) is 23.7 Å². The van der Waals surface area contributed by atoms with Crippen molar-refractivity contribution in [2.75, 3.05) is 25.2 Å². The molecular weight excluding hydrogens is 570 g/mol. The first-order chi connectivity index (χ1) is 17.3. The summed E-state index contributed by atoms with van der Waals surface area (Å²) in [5.74, 6) is -11.6. The van der Waals surface area contributed by atoms with Crippen molar-refractivity contribution in [3.05, 3.63) is 23.3 Å². The highest BCUT2D eigenvalue weighted by Gasteiger charge is 2.69. The van der Waals surface area contributed by atoms with Crippen molar-refractivity contribution in [1.29, 1.82) is 0 Å². The number of hydrogen-bond donors (Lipinski definition) is 5. The molecule has 5 unspecified atom stereocenters. The smallest absolute Gasteiger partial charge is 0.239 e. The molecule has 198 valence electrons. The summed E-state index contributed by atoms with van der Waals surface area (Å²) in [5.41, 5.74) is 2.70. The topological polar surface area (TPSA) is 184 Å². The summed E-state index contributed by atoms with van der Waals surface area (Å²) in [7, 11) is 3.04. The summed E-state index contributed by atoms with van der Waals surface area (Å²) in [5, 5.41) is 24.9. The second kappa shape index (κ2) is 9.61. The predicted molar refractivity (Wildman–Crippen MR) is 137 cm³/mol. The number of primary amides is 1. The average Bonchev–Trinajstić information content (AvgIpc) is 2.82. The number of ketones is 4. The van der Waals surface area contributed by atoms with E-state index in [-0.39, 0.29) is 29.8 Å². The van der Waals surface area contributed by atoms with Gasteiger partial charge in [0.05, 0.1) is 23.2 Å². The second-order valence-corrected chi connectivity index (χ2v) is 11.4. The number of thiol groups is 1. The number of amides is 2. The number of anilines is 1. The van der Waals surface area contributed by atoms with E-state index in [2.05, 4.69) is 33.9 Å². The first-order valence-corrected chi connectivity index (χ1v) is 13.1. The molecule has 0 heterocycles. The maximum atomic E-state index is 13.8. The van der Waals surface area contributed by atoms with Gasteiger partial charge in [-0.1, -0.05) is 22.0 Å². The highest BCUT2D eigenvalue weighted by Crippen LogP contribution is 2.51. The maximum absolute atomic E-state index is 13.8. The first kappa shape index (κ1) is 27.4. The lowest BCUT2D eigenvalue weighted by Crippen LogP contribution is -2.74. The molecular formula is C24H26BrN3O8S. The van der Waals surface area contributed by atoms with E-state index in [9.17, 15) is 39.0 Å². The van der Waals surface area contributed by atoms with Gasteiger partial charge in [0.2, 0.25) is 11.8 Å².